The second kappa shape index (κ2) is 9.91. The molecule has 32 heavy (non-hydrogen) atoms. The molecule has 0 saturated carbocycles. The summed E-state index contributed by atoms with van der Waals surface area (Å²) < 4.78 is 32.1. The van der Waals surface area contributed by atoms with Crippen LogP contribution in [0, 0.1) is 0 Å². The third-order valence-electron chi connectivity index (χ3n) is 5.82. The van der Waals surface area contributed by atoms with Crippen molar-refractivity contribution in [2.75, 3.05) is 32.8 Å². The molecule has 0 spiro atoms. The average molecular weight is 497 g/mol. The topological polar surface area (TPSA) is 84.0 Å². The molecule has 1 fully saturated rings. The first-order chi connectivity index (χ1) is 15.3. The lowest BCUT2D eigenvalue weighted by atomic mass is 10.1. The summed E-state index contributed by atoms with van der Waals surface area (Å²) in [5.41, 5.74) is 1.23. The van der Waals surface area contributed by atoms with Crippen LogP contribution in [-0.4, -0.2) is 62.3 Å². The van der Waals surface area contributed by atoms with E-state index in [4.69, 9.17) is 16.3 Å². The van der Waals surface area contributed by atoms with Crippen molar-refractivity contribution in [1.29, 1.82) is 0 Å². The lowest BCUT2D eigenvalue weighted by molar-refractivity contribution is -0.135. The zero-order valence-electron chi connectivity index (χ0n) is 17.6. The van der Waals surface area contributed by atoms with E-state index in [1.165, 1.54) is 61.7 Å². The number of amides is 1. The van der Waals surface area contributed by atoms with Gasteiger partial charge in [-0.1, -0.05) is 18.0 Å². The summed E-state index contributed by atoms with van der Waals surface area (Å²) in [6.07, 6.45) is 5.47. The third-order valence-corrected chi connectivity index (χ3v) is 9.20. The Morgan fingerprint density at radius 1 is 1.00 bits per heavy atom. The van der Waals surface area contributed by atoms with Gasteiger partial charge in [-0.3, -0.25) is 4.79 Å². The largest absolute Gasteiger partial charge is 0.451 e. The van der Waals surface area contributed by atoms with Crippen LogP contribution in [0.15, 0.2) is 35.2 Å². The first-order valence-electron chi connectivity index (χ1n) is 10.7. The van der Waals surface area contributed by atoms with Crippen LogP contribution in [-0.2, 0) is 32.4 Å². The summed E-state index contributed by atoms with van der Waals surface area (Å²) in [6.45, 7) is 0.517. The van der Waals surface area contributed by atoms with Crippen LogP contribution < -0.4 is 0 Å². The van der Waals surface area contributed by atoms with Crippen molar-refractivity contribution in [2.45, 2.75) is 37.0 Å². The van der Waals surface area contributed by atoms with E-state index in [0.29, 0.717) is 9.90 Å². The molecule has 10 heteroatoms. The van der Waals surface area contributed by atoms with E-state index in [0.717, 1.165) is 25.7 Å². The Labute approximate surface area is 197 Å². The summed E-state index contributed by atoms with van der Waals surface area (Å²) in [5.74, 6) is -0.791. The molecule has 1 aliphatic heterocycles. The van der Waals surface area contributed by atoms with Gasteiger partial charge in [0.15, 0.2) is 6.61 Å². The minimum Gasteiger partial charge on any atom is -0.451 e. The van der Waals surface area contributed by atoms with Crippen molar-refractivity contribution >= 4 is 44.8 Å². The highest BCUT2D eigenvalue weighted by Gasteiger charge is 2.30. The number of benzene rings is 1. The molecule has 0 unspecified atom stereocenters. The van der Waals surface area contributed by atoms with E-state index in [1.807, 2.05) is 6.07 Å². The Bertz CT molecular complexity index is 1070. The number of esters is 1. The van der Waals surface area contributed by atoms with Crippen LogP contribution >= 0.6 is 22.9 Å². The molecule has 1 saturated heterocycles. The normalized spacial score (nSPS) is 17.5. The van der Waals surface area contributed by atoms with Gasteiger partial charge in [-0.15, -0.1) is 11.3 Å². The van der Waals surface area contributed by atoms with Gasteiger partial charge in [0.25, 0.3) is 5.91 Å². The first-order valence-corrected chi connectivity index (χ1v) is 13.3. The van der Waals surface area contributed by atoms with Crippen LogP contribution in [0.2, 0.25) is 5.02 Å². The molecule has 2 heterocycles. The molecule has 0 atom stereocenters. The predicted molar refractivity (Wildman–Crippen MR) is 123 cm³/mol. The minimum absolute atomic E-state index is 0.171. The van der Waals surface area contributed by atoms with Gasteiger partial charge in [-0.2, -0.15) is 4.31 Å². The van der Waals surface area contributed by atoms with Crippen LogP contribution in [0.1, 0.15) is 39.4 Å². The van der Waals surface area contributed by atoms with Gasteiger partial charge in [-0.25, -0.2) is 13.2 Å². The summed E-state index contributed by atoms with van der Waals surface area (Å²) in [7, 11) is -3.64. The van der Waals surface area contributed by atoms with E-state index in [-0.39, 0.29) is 43.6 Å². The average Bonchev–Trinajstić information content (AvgIpc) is 3.08. The standard InChI is InChI=1S/C22H25ClN2O5S2/c23-17-6-8-18(9-7-17)32(28,29)25-12-10-24(11-13-25)21(26)15-30-22(27)20-14-16-4-2-1-3-5-19(16)31-20/h6-9,14H,1-5,10-13,15H2. The molecule has 0 radical (unpaired) electrons. The summed E-state index contributed by atoms with van der Waals surface area (Å²) in [5, 5.41) is 0.465. The number of aryl methyl sites for hydroxylation is 2. The molecule has 1 aliphatic carbocycles. The zero-order valence-corrected chi connectivity index (χ0v) is 20.0. The maximum Gasteiger partial charge on any atom is 0.348 e. The van der Waals surface area contributed by atoms with Crippen molar-refractivity contribution in [3.63, 3.8) is 0 Å². The van der Waals surface area contributed by atoms with Gasteiger partial charge >= 0.3 is 5.97 Å². The monoisotopic (exact) mass is 496 g/mol. The fraction of sp³-hybridized carbons (Fsp3) is 0.455. The number of carbonyl (C=O) groups excluding carboxylic acids is 2. The first kappa shape index (κ1) is 23.2. The molecular formula is C22H25ClN2O5S2. The predicted octanol–water partition coefficient (Wildman–Crippen LogP) is 3.36. The van der Waals surface area contributed by atoms with E-state index in [2.05, 4.69) is 0 Å². The second-order valence-corrected chi connectivity index (χ2v) is 11.4. The number of carbonyl (C=O) groups is 2. The molecule has 2 aliphatic rings. The number of fused-ring (bicyclic) bond motifs is 1. The number of ether oxygens (including phenoxy) is 1. The summed E-state index contributed by atoms with van der Waals surface area (Å²) in [6, 6.07) is 7.92. The fourth-order valence-corrected chi connectivity index (χ4v) is 6.69. The van der Waals surface area contributed by atoms with Gasteiger partial charge in [0.1, 0.15) is 4.88 Å². The highest BCUT2D eigenvalue weighted by molar-refractivity contribution is 7.89. The van der Waals surface area contributed by atoms with Gasteiger partial charge in [0.05, 0.1) is 4.90 Å². The number of hydrogen-bond acceptors (Lipinski definition) is 6. The summed E-state index contributed by atoms with van der Waals surface area (Å²) in [4.78, 5) is 28.4. The highest BCUT2D eigenvalue weighted by atomic mass is 35.5. The zero-order chi connectivity index (χ0) is 22.7. The maximum absolute atomic E-state index is 12.8. The molecule has 0 N–H and O–H groups in total. The Hall–Kier alpha value is -1.94. The third kappa shape index (κ3) is 5.17. The number of halogens is 1. The number of thiophene rings is 1. The maximum atomic E-state index is 12.8. The van der Waals surface area contributed by atoms with Gasteiger partial charge < -0.3 is 9.64 Å². The van der Waals surface area contributed by atoms with Crippen molar-refractivity contribution in [3.8, 4) is 0 Å². The highest BCUT2D eigenvalue weighted by Crippen LogP contribution is 2.29. The summed E-state index contributed by atoms with van der Waals surface area (Å²) >= 11 is 7.30. The Kier molecular flexibility index (Phi) is 7.19. The molecule has 4 rings (SSSR count). The second-order valence-electron chi connectivity index (χ2n) is 7.93. The van der Waals surface area contributed by atoms with Crippen LogP contribution in [0.5, 0.6) is 0 Å². The van der Waals surface area contributed by atoms with Crippen LogP contribution in [0.4, 0.5) is 0 Å². The van der Waals surface area contributed by atoms with Crippen molar-refractivity contribution < 1.29 is 22.7 Å². The molecule has 2 aromatic rings. The number of hydrogen-bond donors (Lipinski definition) is 0. The SMILES string of the molecule is O=C(OCC(=O)N1CCN(S(=O)(=O)c2ccc(Cl)cc2)CC1)c1cc2c(s1)CCCCC2. The van der Waals surface area contributed by atoms with Crippen molar-refractivity contribution in [1.82, 2.24) is 9.21 Å². The molecule has 1 amide bonds. The van der Waals surface area contributed by atoms with E-state index < -0.39 is 16.0 Å². The van der Waals surface area contributed by atoms with Gasteiger partial charge in [0.2, 0.25) is 10.0 Å². The Morgan fingerprint density at radius 3 is 2.41 bits per heavy atom. The smallest absolute Gasteiger partial charge is 0.348 e. The van der Waals surface area contributed by atoms with Crippen molar-refractivity contribution in [2.24, 2.45) is 0 Å². The Balaban J connectivity index is 1.28. The minimum atomic E-state index is -3.64. The molecule has 172 valence electrons. The van der Waals surface area contributed by atoms with E-state index in [1.54, 1.807) is 0 Å². The van der Waals surface area contributed by atoms with E-state index in [9.17, 15) is 18.0 Å². The number of sulfonamides is 1. The molecule has 0 bridgehead atoms. The van der Waals surface area contributed by atoms with E-state index >= 15 is 0 Å². The van der Waals surface area contributed by atoms with Crippen LogP contribution in [0.25, 0.3) is 0 Å². The van der Waals surface area contributed by atoms with Gasteiger partial charge in [0, 0.05) is 36.1 Å². The quantitative estimate of drug-likeness (QED) is 0.468. The number of nitrogens with zero attached hydrogens (tertiary/aromatic N) is 2. The molecule has 1 aromatic heterocycles. The molecule has 1 aromatic carbocycles. The van der Waals surface area contributed by atoms with Crippen LogP contribution in [0.3, 0.4) is 0 Å². The molecular weight excluding hydrogens is 472 g/mol. The Morgan fingerprint density at radius 2 is 1.69 bits per heavy atom. The fourth-order valence-electron chi connectivity index (χ4n) is 3.99. The lowest BCUT2D eigenvalue weighted by Crippen LogP contribution is -2.51. The lowest BCUT2D eigenvalue weighted by Gasteiger charge is -2.33. The van der Waals surface area contributed by atoms with Crippen molar-refractivity contribution in [3.05, 3.63) is 50.7 Å². The number of piperazine rings is 1. The van der Waals surface area contributed by atoms with Gasteiger partial charge in [-0.05, 0) is 61.6 Å². The molecule has 7 nitrogen and oxygen atoms in total. The number of rotatable bonds is 5.